The molecule has 0 bridgehead atoms. The number of nitrogens with zero attached hydrogens (tertiary/aromatic N) is 3. The molecule has 5 rings (SSSR count). The third kappa shape index (κ3) is 3.58. The minimum Gasteiger partial charge on any atom is -0.493 e. The van der Waals surface area contributed by atoms with Crippen LogP contribution in [-0.4, -0.2) is 27.7 Å². The van der Waals surface area contributed by atoms with Gasteiger partial charge in [0.25, 0.3) is 5.91 Å². The van der Waals surface area contributed by atoms with E-state index in [1.807, 2.05) is 54.0 Å². The first-order chi connectivity index (χ1) is 15.1. The van der Waals surface area contributed by atoms with Gasteiger partial charge in [0.2, 0.25) is 5.88 Å². The van der Waals surface area contributed by atoms with Gasteiger partial charge >= 0.3 is 0 Å². The van der Waals surface area contributed by atoms with Crippen LogP contribution in [0.25, 0.3) is 21.7 Å². The molecule has 1 aromatic heterocycles. The largest absolute Gasteiger partial charge is 0.493 e. The van der Waals surface area contributed by atoms with Gasteiger partial charge in [-0.05, 0) is 35.7 Å². The molecular formula is C24H23N5O2. The second-order valence-corrected chi connectivity index (χ2v) is 7.93. The monoisotopic (exact) mass is 413 g/mol. The number of carbonyl (C=O) groups is 1. The minimum atomic E-state index is -0.412. The van der Waals surface area contributed by atoms with Crippen molar-refractivity contribution in [3.8, 4) is 5.88 Å². The van der Waals surface area contributed by atoms with Gasteiger partial charge in [0.1, 0.15) is 6.04 Å². The first-order valence-electron chi connectivity index (χ1n) is 10.4. The van der Waals surface area contributed by atoms with Gasteiger partial charge in [0, 0.05) is 11.4 Å². The summed E-state index contributed by atoms with van der Waals surface area (Å²) in [6, 6.07) is 21.7. The van der Waals surface area contributed by atoms with Crippen molar-refractivity contribution in [2.45, 2.75) is 32.0 Å². The van der Waals surface area contributed by atoms with E-state index in [2.05, 4.69) is 45.3 Å². The predicted molar refractivity (Wildman–Crippen MR) is 120 cm³/mol. The number of fused-ring (bicyclic) bond motifs is 2. The molecular weight excluding hydrogens is 390 g/mol. The van der Waals surface area contributed by atoms with Crippen LogP contribution in [-0.2, 0) is 11.3 Å². The van der Waals surface area contributed by atoms with Crippen LogP contribution in [0.1, 0.15) is 18.9 Å². The van der Waals surface area contributed by atoms with Gasteiger partial charge in [-0.25, -0.2) is 5.43 Å². The lowest BCUT2D eigenvalue weighted by Gasteiger charge is -2.10. The summed E-state index contributed by atoms with van der Waals surface area (Å²) in [4.78, 5) is 12.4. The Morgan fingerprint density at radius 2 is 1.77 bits per heavy atom. The first kappa shape index (κ1) is 19.4. The Bertz CT molecular complexity index is 1300. The molecule has 0 radical (unpaired) electrons. The van der Waals surface area contributed by atoms with E-state index in [9.17, 15) is 9.90 Å². The average Bonchev–Trinajstić information content (AvgIpc) is 3.34. The van der Waals surface area contributed by atoms with Crippen LogP contribution in [0, 0.1) is 0 Å². The fourth-order valence-corrected chi connectivity index (χ4v) is 4.18. The summed E-state index contributed by atoms with van der Waals surface area (Å²) in [5, 5.41) is 22.1. The molecule has 2 atom stereocenters. The van der Waals surface area contributed by atoms with Crippen LogP contribution in [0.15, 0.2) is 77.0 Å². The van der Waals surface area contributed by atoms with E-state index in [0.717, 1.165) is 27.2 Å². The number of azo groups is 1. The normalized spacial score (nSPS) is 19.0. The zero-order valence-electron chi connectivity index (χ0n) is 17.1. The van der Waals surface area contributed by atoms with Crippen LogP contribution in [0.4, 0.5) is 5.69 Å². The Morgan fingerprint density at radius 3 is 2.58 bits per heavy atom. The molecule has 31 heavy (non-hydrogen) atoms. The van der Waals surface area contributed by atoms with Gasteiger partial charge in [0.05, 0.1) is 12.1 Å². The maximum absolute atomic E-state index is 12.4. The van der Waals surface area contributed by atoms with Crippen LogP contribution < -0.4 is 10.9 Å². The Morgan fingerprint density at radius 1 is 1.03 bits per heavy atom. The number of benzene rings is 3. The highest BCUT2D eigenvalue weighted by molar-refractivity contribution is 5.96. The number of hydrazine groups is 1. The molecule has 2 unspecified atom stereocenters. The Labute approximate surface area is 179 Å². The zero-order valence-corrected chi connectivity index (χ0v) is 17.1. The van der Waals surface area contributed by atoms with E-state index in [4.69, 9.17) is 0 Å². The molecule has 1 aliphatic rings. The fourth-order valence-electron chi connectivity index (χ4n) is 4.18. The standard InChI is InChI=1S/C24H23N5O2/c1-15-13-20(26-25-15)23(30)28-27-22-19-11-4-5-12-21(19)29(24(22)31)14-17-9-6-8-16-7-2-3-10-18(16)17/h2-12,15,20,25-26,31H,13-14H2,1H3. The van der Waals surface area contributed by atoms with E-state index in [1.165, 1.54) is 0 Å². The maximum atomic E-state index is 12.4. The van der Waals surface area contributed by atoms with Crippen molar-refractivity contribution in [3.63, 3.8) is 0 Å². The van der Waals surface area contributed by atoms with E-state index >= 15 is 0 Å². The third-order valence-corrected chi connectivity index (χ3v) is 5.77. The Hall–Kier alpha value is -3.55. The highest BCUT2D eigenvalue weighted by atomic mass is 16.3. The molecule has 1 amide bonds. The average molecular weight is 413 g/mol. The zero-order chi connectivity index (χ0) is 21.4. The number of nitrogens with one attached hydrogen (secondary N) is 2. The highest BCUT2D eigenvalue weighted by Crippen LogP contribution is 2.39. The number of amides is 1. The quantitative estimate of drug-likeness (QED) is 0.432. The second-order valence-electron chi connectivity index (χ2n) is 7.93. The van der Waals surface area contributed by atoms with Crippen molar-refractivity contribution in [1.82, 2.24) is 15.4 Å². The first-order valence-corrected chi connectivity index (χ1v) is 10.4. The number of rotatable bonds is 4. The lowest BCUT2D eigenvalue weighted by Crippen LogP contribution is -2.36. The topological polar surface area (TPSA) is 91.0 Å². The lowest BCUT2D eigenvalue weighted by atomic mass is 10.0. The highest BCUT2D eigenvalue weighted by Gasteiger charge is 2.27. The number of aromatic nitrogens is 1. The van der Waals surface area contributed by atoms with Gasteiger partial charge in [-0.3, -0.25) is 10.2 Å². The molecule has 0 aliphatic carbocycles. The van der Waals surface area contributed by atoms with Gasteiger partial charge < -0.3 is 9.67 Å². The van der Waals surface area contributed by atoms with Crippen LogP contribution >= 0.6 is 0 Å². The number of hydrogen-bond donors (Lipinski definition) is 3. The number of aromatic hydroxyl groups is 1. The molecule has 1 aliphatic heterocycles. The van der Waals surface area contributed by atoms with Crippen LogP contribution in [0.2, 0.25) is 0 Å². The molecule has 7 nitrogen and oxygen atoms in total. The molecule has 0 saturated carbocycles. The molecule has 2 heterocycles. The summed E-state index contributed by atoms with van der Waals surface area (Å²) in [5.41, 5.74) is 8.17. The van der Waals surface area contributed by atoms with Crippen LogP contribution in [0.3, 0.4) is 0 Å². The summed E-state index contributed by atoms with van der Waals surface area (Å²) < 4.78 is 1.81. The van der Waals surface area contributed by atoms with Crippen molar-refractivity contribution in [3.05, 3.63) is 72.3 Å². The van der Waals surface area contributed by atoms with Crippen molar-refractivity contribution < 1.29 is 9.90 Å². The van der Waals surface area contributed by atoms with Crippen LogP contribution in [0.5, 0.6) is 5.88 Å². The molecule has 0 spiro atoms. The maximum Gasteiger partial charge on any atom is 0.282 e. The van der Waals surface area contributed by atoms with Crippen molar-refractivity contribution in [2.75, 3.05) is 0 Å². The van der Waals surface area contributed by atoms with E-state index in [1.54, 1.807) is 0 Å². The summed E-state index contributed by atoms with van der Waals surface area (Å²) >= 11 is 0. The fraction of sp³-hybridized carbons (Fsp3) is 0.208. The van der Waals surface area contributed by atoms with E-state index < -0.39 is 6.04 Å². The molecule has 1 fully saturated rings. The molecule has 156 valence electrons. The summed E-state index contributed by atoms with van der Waals surface area (Å²) in [6.45, 7) is 2.47. The third-order valence-electron chi connectivity index (χ3n) is 5.77. The van der Waals surface area contributed by atoms with Gasteiger partial charge in [-0.15, -0.1) is 10.2 Å². The minimum absolute atomic E-state index is 0.00319. The molecule has 3 N–H and O–H groups in total. The van der Waals surface area contributed by atoms with Crippen molar-refractivity contribution in [1.29, 1.82) is 0 Å². The number of carbonyl (C=O) groups excluding carboxylic acids is 1. The van der Waals surface area contributed by atoms with E-state index in [0.29, 0.717) is 18.7 Å². The predicted octanol–water partition coefficient (Wildman–Crippen LogP) is 4.41. The van der Waals surface area contributed by atoms with E-state index in [-0.39, 0.29) is 17.8 Å². The molecule has 3 aromatic carbocycles. The number of hydrogen-bond acceptors (Lipinski definition) is 5. The Balaban J connectivity index is 1.53. The summed E-state index contributed by atoms with van der Waals surface area (Å²) in [7, 11) is 0. The summed E-state index contributed by atoms with van der Waals surface area (Å²) in [6.07, 6.45) is 0.646. The van der Waals surface area contributed by atoms with Gasteiger partial charge in [-0.2, -0.15) is 0 Å². The SMILES string of the molecule is CC1CC(C(=O)N=Nc2c(O)n(Cc3cccc4ccccc34)c3ccccc23)NN1. The second kappa shape index (κ2) is 7.94. The number of para-hydroxylation sites is 1. The molecule has 1 saturated heterocycles. The van der Waals surface area contributed by atoms with Gasteiger partial charge in [-0.1, -0.05) is 60.7 Å². The smallest absolute Gasteiger partial charge is 0.282 e. The summed E-state index contributed by atoms with van der Waals surface area (Å²) in [5.74, 6) is -0.362. The Kier molecular flexibility index (Phi) is 4.97. The van der Waals surface area contributed by atoms with Crippen molar-refractivity contribution in [2.24, 2.45) is 10.2 Å². The van der Waals surface area contributed by atoms with Crippen molar-refractivity contribution >= 4 is 33.3 Å². The van der Waals surface area contributed by atoms with Gasteiger partial charge in [0.15, 0.2) is 5.69 Å². The molecule has 4 aromatic rings. The molecule has 7 heteroatoms. The lowest BCUT2D eigenvalue weighted by molar-refractivity contribution is -0.120.